The maximum Gasteiger partial charge on any atom is 0.252 e. The molecule has 0 radical (unpaired) electrons. The number of hydrogen-bond donors (Lipinski definition) is 1. The molecular weight excluding hydrogens is 244 g/mol. The zero-order chi connectivity index (χ0) is 13.7. The molecule has 0 spiro atoms. The van der Waals surface area contributed by atoms with Crippen molar-refractivity contribution < 1.29 is 14.3 Å². The van der Waals surface area contributed by atoms with Crippen molar-refractivity contribution in [3.8, 4) is 0 Å². The minimum atomic E-state index is -0.512. The van der Waals surface area contributed by atoms with Crippen LogP contribution in [0.2, 0.25) is 0 Å². The average Bonchev–Trinajstić information content (AvgIpc) is 2.91. The highest BCUT2D eigenvalue weighted by molar-refractivity contribution is 5.86. The molecule has 1 atom stereocenters. The number of nitrogens with zero attached hydrogens (tertiary/aromatic N) is 1. The Labute approximate surface area is 112 Å². The third kappa shape index (κ3) is 3.79. The second-order valence-electron chi connectivity index (χ2n) is 4.65. The Morgan fingerprint density at radius 3 is 2.63 bits per heavy atom. The summed E-state index contributed by atoms with van der Waals surface area (Å²) in [6.07, 6.45) is 1.16. The number of hydrogen-bond acceptors (Lipinski definition) is 3. The van der Waals surface area contributed by atoms with Gasteiger partial charge in [-0.25, -0.2) is 0 Å². The highest BCUT2D eigenvalue weighted by atomic mass is 16.5. The van der Waals surface area contributed by atoms with Crippen LogP contribution < -0.4 is 5.73 Å². The monoisotopic (exact) mass is 262 g/mol. The van der Waals surface area contributed by atoms with Gasteiger partial charge in [0.2, 0.25) is 5.91 Å². The maximum atomic E-state index is 12.3. The zero-order valence-electron chi connectivity index (χ0n) is 10.7. The van der Waals surface area contributed by atoms with Gasteiger partial charge in [-0.15, -0.1) is 0 Å². The first kappa shape index (κ1) is 13.5. The lowest BCUT2D eigenvalue weighted by Gasteiger charge is -2.24. The standard InChI is InChI=1S/C14H18N2O3/c15-13(17)10-16(9-11-5-2-1-3-6-11)14(18)12-7-4-8-19-12/h1-3,5-6,12H,4,7-10H2,(H2,15,17)/t12-/m1/s1. The van der Waals surface area contributed by atoms with E-state index in [1.165, 1.54) is 4.90 Å². The molecule has 0 unspecified atom stereocenters. The molecule has 0 aromatic heterocycles. The lowest BCUT2D eigenvalue weighted by molar-refractivity contribution is -0.144. The van der Waals surface area contributed by atoms with Crippen molar-refractivity contribution in [2.24, 2.45) is 5.73 Å². The Morgan fingerprint density at radius 2 is 2.05 bits per heavy atom. The fraction of sp³-hybridized carbons (Fsp3) is 0.429. The van der Waals surface area contributed by atoms with E-state index in [1.54, 1.807) is 0 Å². The predicted molar refractivity (Wildman–Crippen MR) is 70.0 cm³/mol. The third-order valence-electron chi connectivity index (χ3n) is 3.08. The van der Waals surface area contributed by atoms with Gasteiger partial charge in [0.05, 0.1) is 6.54 Å². The van der Waals surface area contributed by atoms with Gasteiger partial charge in [0, 0.05) is 13.2 Å². The predicted octanol–water partition coefficient (Wildman–Crippen LogP) is 0.679. The molecule has 0 saturated carbocycles. The van der Waals surface area contributed by atoms with Crippen LogP contribution in [0.4, 0.5) is 0 Å². The molecular formula is C14H18N2O3. The van der Waals surface area contributed by atoms with Crippen LogP contribution in [0.5, 0.6) is 0 Å². The van der Waals surface area contributed by atoms with Crippen molar-refractivity contribution in [1.29, 1.82) is 0 Å². The third-order valence-corrected chi connectivity index (χ3v) is 3.08. The summed E-state index contributed by atoms with van der Waals surface area (Å²) in [4.78, 5) is 24.9. The second-order valence-corrected chi connectivity index (χ2v) is 4.65. The summed E-state index contributed by atoms with van der Waals surface area (Å²) >= 11 is 0. The Kier molecular flexibility index (Phi) is 4.52. The molecule has 1 aliphatic heterocycles. The van der Waals surface area contributed by atoms with Gasteiger partial charge < -0.3 is 15.4 Å². The van der Waals surface area contributed by atoms with E-state index in [2.05, 4.69) is 0 Å². The van der Waals surface area contributed by atoms with Gasteiger partial charge in [0.1, 0.15) is 6.10 Å². The normalized spacial score (nSPS) is 18.2. The summed E-state index contributed by atoms with van der Waals surface area (Å²) in [6.45, 7) is 0.905. The molecule has 1 aromatic carbocycles. The smallest absolute Gasteiger partial charge is 0.252 e. The number of rotatable bonds is 5. The Hall–Kier alpha value is -1.88. The molecule has 2 rings (SSSR count). The topological polar surface area (TPSA) is 72.6 Å². The van der Waals surface area contributed by atoms with Crippen molar-refractivity contribution >= 4 is 11.8 Å². The van der Waals surface area contributed by atoms with E-state index in [-0.39, 0.29) is 12.5 Å². The van der Waals surface area contributed by atoms with E-state index >= 15 is 0 Å². The van der Waals surface area contributed by atoms with Crippen LogP contribution in [0.25, 0.3) is 0 Å². The largest absolute Gasteiger partial charge is 0.368 e. The van der Waals surface area contributed by atoms with Gasteiger partial charge in [-0.3, -0.25) is 9.59 Å². The van der Waals surface area contributed by atoms with Crippen LogP contribution in [0, 0.1) is 0 Å². The van der Waals surface area contributed by atoms with Crippen molar-refractivity contribution in [2.45, 2.75) is 25.5 Å². The van der Waals surface area contributed by atoms with Crippen molar-refractivity contribution in [3.63, 3.8) is 0 Å². The Morgan fingerprint density at radius 1 is 1.32 bits per heavy atom. The Bertz CT molecular complexity index is 441. The van der Waals surface area contributed by atoms with Gasteiger partial charge in [0.25, 0.3) is 5.91 Å². The summed E-state index contributed by atoms with van der Waals surface area (Å²) in [5.74, 6) is -0.664. The highest BCUT2D eigenvalue weighted by Gasteiger charge is 2.28. The average molecular weight is 262 g/mol. The number of ether oxygens (including phenoxy) is 1. The summed E-state index contributed by atoms with van der Waals surface area (Å²) in [5.41, 5.74) is 6.18. The maximum absolute atomic E-state index is 12.3. The number of carbonyl (C=O) groups excluding carboxylic acids is 2. The first-order valence-electron chi connectivity index (χ1n) is 6.39. The van der Waals surface area contributed by atoms with Gasteiger partial charge in [-0.05, 0) is 18.4 Å². The van der Waals surface area contributed by atoms with E-state index < -0.39 is 12.0 Å². The van der Waals surface area contributed by atoms with Gasteiger partial charge >= 0.3 is 0 Å². The van der Waals surface area contributed by atoms with E-state index in [9.17, 15) is 9.59 Å². The minimum Gasteiger partial charge on any atom is -0.368 e. The van der Waals surface area contributed by atoms with Crippen LogP contribution in [0.15, 0.2) is 30.3 Å². The van der Waals surface area contributed by atoms with Crippen LogP contribution in [0.1, 0.15) is 18.4 Å². The summed E-state index contributed by atoms with van der Waals surface area (Å²) in [5, 5.41) is 0. The lowest BCUT2D eigenvalue weighted by atomic mass is 10.1. The molecule has 1 saturated heterocycles. The fourth-order valence-electron chi connectivity index (χ4n) is 2.18. The van der Waals surface area contributed by atoms with E-state index in [0.29, 0.717) is 19.6 Å². The molecule has 2 N–H and O–H groups in total. The molecule has 0 bridgehead atoms. The molecule has 1 fully saturated rings. The Balaban J connectivity index is 2.06. The first-order valence-corrected chi connectivity index (χ1v) is 6.39. The second kappa shape index (κ2) is 6.33. The van der Waals surface area contributed by atoms with Crippen LogP contribution in [0.3, 0.4) is 0 Å². The molecule has 5 nitrogen and oxygen atoms in total. The van der Waals surface area contributed by atoms with Gasteiger partial charge in [-0.1, -0.05) is 30.3 Å². The van der Waals surface area contributed by atoms with Crippen molar-refractivity contribution in [1.82, 2.24) is 4.90 Å². The summed E-state index contributed by atoms with van der Waals surface area (Å²) in [7, 11) is 0. The van der Waals surface area contributed by atoms with Crippen LogP contribution >= 0.6 is 0 Å². The zero-order valence-corrected chi connectivity index (χ0v) is 10.7. The first-order chi connectivity index (χ1) is 9.16. The SMILES string of the molecule is NC(=O)CN(Cc1ccccc1)C(=O)[C@H]1CCCO1. The molecule has 1 aliphatic rings. The quantitative estimate of drug-likeness (QED) is 0.848. The summed E-state index contributed by atoms with van der Waals surface area (Å²) in [6, 6.07) is 9.53. The van der Waals surface area contributed by atoms with Crippen LogP contribution in [-0.2, 0) is 20.9 Å². The molecule has 1 heterocycles. The molecule has 2 amide bonds. The van der Waals surface area contributed by atoms with Gasteiger partial charge in [-0.2, -0.15) is 0 Å². The number of nitrogens with two attached hydrogens (primary N) is 1. The molecule has 1 aromatic rings. The lowest BCUT2D eigenvalue weighted by Crippen LogP contribution is -2.43. The van der Waals surface area contributed by atoms with E-state index in [0.717, 1.165) is 12.0 Å². The van der Waals surface area contributed by atoms with E-state index in [4.69, 9.17) is 10.5 Å². The minimum absolute atomic E-state index is 0.0758. The summed E-state index contributed by atoms with van der Waals surface area (Å²) < 4.78 is 5.37. The molecule has 5 heteroatoms. The molecule has 19 heavy (non-hydrogen) atoms. The van der Waals surface area contributed by atoms with Crippen LogP contribution in [-0.4, -0.2) is 36.0 Å². The highest BCUT2D eigenvalue weighted by Crippen LogP contribution is 2.16. The van der Waals surface area contributed by atoms with Crippen molar-refractivity contribution in [3.05, 3.63) is 35.9 Å². The number of benzene rings is 1. The van der Waals surface area contributed by atoms with Gasteiger partial charge in [0.15, 0.2) is 0 Å². The van der Waals surface area contributed by atoms with E-state index in [1.807, 2.05) is 30.3 Å². The molecule has 102 valence electrons. The number of primary amides is 1. The van der Waals surface area contributed by atoms with Crippen molar-refractivity contribution in [2.75, 3.05) is 13.2 Å². The number of carbonyl (C=O) groups is 2. The molecule has 0 aliphatic carbocycles. The fourth-order valence-corrected chi connectivity index (χ4v) is 2.18. The number of amides is 2.